The number of ketones is 1. The van der Waals surface area contributed by atoms with Crippen molar-refractivity contribution in [3.05, 3.63) is 29.8 Å². The van der Waals surface area contributed by atoms with Gasteiger partial charge in [-0.15, -0.1) is 0 Å². The molecule has 3 atom stereocenters. The molecule has 0 aromatic heterocycles. The van der Waals surface area contributed by atoms with Crippen LogP contribution in [0.5, 0.6) is 0 Å². The molecule has 0 bridgehead atoms. The van der Waals surface area contributed by atoms with Gasteiger partial charge in [-0.3, -0.25) is 19.2 Å². The molecular weight excluding hydrogens is 496 g/mol. The van der Waals surface area contributed by atoms with Gasteiger partial charge in [0.05, 0.1) is 25.8 Å². The molecule has 0 spiro atoms. The number of morpholine rings is 1. The molecule has 1 aliphatic carbocycles. The first-order chi connectivity index (χ1) is 18.8. The Balaban J connectivity index is 1.24. The minimum Gasteiger partial charge on any atom is -0.378 e. The molecule has 1 saturated carbocycles. The Hall–Kier alpha value is -2.94. The summed E-state index contributed by atoms with van der Waals surface area (Å²) < 4.78 is 5.42. The van der Waals surface area contributed by atoms with Crippen LogP contribution < -0.4 is 10.2 Å². The number of nitrogens with one attached hydrogen (secondary N) is 1. The number of benzene rings is 1. The maximum atomic E-state index is 13.8. The monoisotopic (exact) mass is 538 g/mol. The molecule has 3 heterocycles. The first-order valence-corrected chi connectivity index (χ1v) is 14.7. The molecule has 1 aromatic carbocycles. The zero-order valence-corrected chi connectivity index (χ0v) is 23.3. The maximum absolute atomic E-state index is 13.8. The second kappa shape index (κ2) is 12.1. The number of likely N-dealkylation sites (tertiary alicyclic amines) is 2. The van der Waals surface area contributed by atoms with E-state index >= 15 is 0 Å². The number of rotatable bonds is 8. The summed E-state index contributed by atoms with van der Waals surface area (Å²) >= 11 is 0. The van der Waals surface area contributed by atoms with Gasteiger partial charge in [0.2, 0.25) is 11.8 Å². The summed E-state index contributed by atoms with van der Waals surface area (Å²) in [4.78, 5) is 58.7. The molecular formula is C30H42N4O5. The molecule has 4 aliphatic rings. The highest BCUT2D eigenvalue weighted by Gasteiger charge is 2.52. The lowest BCUT2D eigenvalue weighted by atomic mass is 10.0. The standard InChI is InChI=1S/C30H42N4O5/c1-20(2)17-24(31-29(37)22-7-9-23(10-8-22)32-13-15-39-16-14-32)30(38)33-12-11-25-28(33)26(35)19-34(25)27(36)18-21-5-3-4-6-21/h7-10,20-21,24-25,28H,3-6,11-19H2,1-2H3,(H,31,37). The molecule has 212 valence electrons. The summed E-state index contributed by atoms with van der Waals surface area (Å²) in [6, 6.07) is 5.85. The summed E-state index contributed by atoms with van der Waals surface area (Å²) in [6.07, 6.45) is 6.09. The quantitative estimate of drug-likeness (QED) is 0.546. The number of carbonyl (C=O) groups excluding carboxylic acids is 4. The Labute approximate surface area is 231 Å². The van der Waals surface area contributed by atoms with E-state index in [9.17, 15) is 19.2 Å². The molecule has 39 heavy (non-hydrogen) atoms. The number of anilines is 1. The highest BCUT2D eigenvalue weighted by atomic mass is 16.5. The van der Waals surface area contributed by atoms with Crippen LogP contribution in [0.15, 0.2) is 24.3 Å². The van der Waals surface area contributed by atoms with Crippen molar-refractivity contribution in [1.29, 1.82) is 0 Å². The topological polar surface area (TPSA) is 99.3 Å². The number of hydrogen-bond acceptors (Lipinski definition) is 6. The number of hydrogen-bond donors (Lipinski definition) is 1. The van der Waals surface area contributed by atoms with Crippen molar-refractivity contribution in [3.63, 3.8) is 0 Å². The van der Waals surface area contributed by atoms with Gasteiger partial charge in [0.15, 0.2) is 5.78 Å². The van der Waals surface area contributed by atoms with Crippen LogP contribution in [0, 0.1) is 11.8 Å². The van der Waals surface area contributed by atoms with Crippen LogP contribution in [0.4, 0.5) is 5.69 Å². The van der Waals surface area contributed by atoms with Crippen LogP contribution in [0.2, 0.25) is 0 Å². The van der Waals surface area contributed by atoms with Crippen molar-refractivity contribution < 1.29 is 23.9 Å². The lowest BCUT2D eigenvalue weighted by Crippen LogP contribution is -2.53. The van der Waals surface area contributed by atoms with Gasteiger partial charge >= 0.3 is 0 Å². The van der Waals surface area contributed by atoms with Gasteiger partial charge in [0.25, 0.3) is 5.91 Å². The smallest absolute Gasteiger partial charge is 0.251 e. The third-order valence-electron chi connectivity index (χ3n) is 8.78. The number of fused-ring (bicyclic) bond motifs is 1. The van der Waals surface area contributed by atoms with E-state index in [4.69, 9.17) is 4.74 Å². The minimum atomic E-state index is -0.730. The summed E-state index contributed by atoms with van der Waals surface area (Å²) in [5, 5.41) is 2.96. The zero-order chi connectivity index (χ0) is 27.5. The van der Waals surface area contributed by atoms with Crippen LogP contribution in [0.1, 0.15) is 69.2 Å². The molecule has 1 N–H and O–H groups in total. The predicted molar refractivity (Wildman–Crippen MR) is 147 cm³/mol. The van der Waals surface area contributed by atoms with Gasteiger partial charge in [-0.25, -0.2) is 0 Å². The minimum absolute atomic E-state index is 0.0459. The van der Waals surface area contributed by atoms with Crippen LogP contribution in [-0.2, 0) is 19.1 Å². The number of carbonyl (C=O) groups is 4. The van der Waals surface area contributed by atoms with Crippen molar-refractivity contribution in [1.82, 2.24) is 15.1 Å². The SMILES string of the molecule is CC(C)CC(NC(=O)c1ccc(N2CCOCC2)cc1)C(=O)N1CCC2C1C(=O)CN2C(=O)CC1CCCC1. The lowest BCUT2D eigenvalue weighted by molar-refractivity contribution is -0.138. The zero-order valence-electron chi connectivity index (χ0n) is 23.3. The number of amides is 3. The Morgan fingerprint density at radius 1 is 0.974 bits per heavy atom. The molecule has 5 rings (SSSR count). The van der Waals surface area contributed by atoms with Crippen LogP contribution >= 0.6 is 0 Å². The number of ether oxygens (including phenoxy) is 1. The summed E-state index contributed by atoms with van der Waals surface area (Å²) in [7, 11) is 0. The fourth-order valence-corrected chi connectivity index (χ4v) is 6.75. The number of nitrogens with zero attached hydrogens (tertiary/aromatic N) is 3. The normalized spacial score (nSPS) is 24.4. The average Bonchev–Trinajstić information content (AvgIpc) is 3.67. The fourth-order valence-electron chi connectivity index (χ4n) is 6.75. The van der Waals surface area contributed by atoms with E-state index in [1.807, 2.05) is 26.0 Å². The van der Waals surface area contributed by atoms with E-state index in [1.165, 1.54) is 12.8 Å². The molecule has 3 unspecified atom stereocenters. The van der Waals surface area contributed by atoms with Gasteiger partial charge < -0.3 is 24.8 Å². The second-order valence-corrected chi connectivity index (χ2v) is 12.0. The van der Waals surface area contributed by atoms with Crippen LogP contribution in [0.25, 0.3) is 0 Å². The molecule has 3 amide bonds. The molecule has 4 fully saturated rings. The predicted octanol–water partition coefficient (Wildman–Crippen LogP) is 2.63. The Morgan fingerprint density at radius 3 is 2.33 bits per heavy atom. The molecule has 3 saturated heterocycles. The van der Waals surface area contributed by atoms with E-state index in [-0.39, 0.29) is 42.0 Å². The first-order valence-electron chi connectivity index (χ1n) is 14.7. The Bertz CT molecular complexity index is 1060. The average molecular weight is 539 g/mol. The molecule has 3 aliphatic heterocycles. The molecule has 1 aromatic rings. The largest absolute Gasteiger partial charge is 0.378 e. The van der Waals surface area contributed by atoms with Gasteiger partial charge in [-0.2, -0.15) is 0 Å². The van der Waals surface area contributed by atoms with E-state index in [0.717, 1.165) is 31.6 Å². The molecule has 0 radical (unpaired) electrons. The highest BCUT2D eigenvalue weighted by molar-refractivity contribution is 6.01. The van der Waals surface area contributed by atoms with Crippen molar-refractivity contribution in [2.24, 2.45) is 11.8 Å². The summed E-state index contributed by atoms with van der Waals surface area (Å²) in [6.45, 7) is 7.55. The van der Waals surface area contributed by atoms with Crippen LogP contribution in [0.3, 0.4) is 0 Å². The van der Waals surface area contributed by atoms with Gasteiger partial charge in [-0.1, -0.05) is 26.7 Å². The number of Topliss-reactive ketones (excluding diaryl/α,β-unsaturated/α-hetero) is 1. The fraction of sp³-hybridized carbons (Fsp3) is 0.667. The maximum Gasteiger partial charge on any atom is 0.251 e. The lowest BCUT2D eigenvalue weighted by Gasteiger charge is -2.29. The van der Waals surface area contributed by atoms with Crippen molar-refractivity contribution >= 4 is 29.2 Å². The first kappa shape index (κ1) is 27.6. The van der Waals surface area contributed by atoms with Gasteiger partial charge in [-0.05, 0) is 61.8 Å². The molecule has 9 heteroatoms. The van der Waals surface area contributed by atoms with Gasteiger partial charge in [0.1, 0.15) is 12.1 Å². The van der Waals surface area contributed by atoms with E-state index in [1.54, 1.807) is 21.9 Å². The molecule has 9 nitrogen and oxygen atoms in total. The van der Waals surface area contributed by atoms with Gasteiger partial charge in [0, 0.05) is 37.3 Å². The van der Waals surface area contributed by atoms with E-state index in [0.29, 0.717) is 50.5 Å². The van der Waals surface area contributed by atoms with E-state index in [2.05, 4.69) is 10.2 Å². The van der Waals surface area contributed by atoms with Crippen molar-refractivity contribution in [2.75, 3.05) is 44.3 Å². The summed E-state index contributed by atoms with van der Waals surface area (Å²) in [5.74, 6) is 0.0327. The third kappa shape index (κ3) is 6.13. The third-order valence-corrected chi connectivity index (χ3v) is 8.78. The van der Waals surface area contributed by atoms with Crippen molar-refractivity contribution in [2.45, 2.75) is 76.9 Å². The van der Waals surface area contributed by atoms with E-state index < -0.39 is 12.1 Å². The Morgan fingerprint density at radius 2 is 1.67 bits per heavy atom. The second-order valence-electron chi connectivity index (χ2n) is 12.0. The highest BCUT2D eigenvalue weighted by Crippen LogP contribution is 2.34. The Kier molecular flexibility index (Phi) is 8.54. The summed E-state index contributed by atoms with van der Waals surface area (Å²) in [5.41, 5.74) is 1.54. The van der Waals surface area contributed by atoms with Crippen LogP contribution in [-0.4, -0.2) is 90.8 Å². The van der Waals surface area contributed by atoms with Crippen molar-refractivity contribution in [3.8, 4) is 0 Å².